The standard InChI is InChI=1S/C19H27NO2/c1-3-20(4-2)13-5-6-14-21-18-11-9-17(10-12-18)16-19-8-7-15-22-19/h7,9-12,15-16H,3-6,8,13-14H2,1-2H3. The number of hydrogen-bond acceptors (Lipinski definition) is 3. The van der Waals surface area contributed by atoms with Crippen molar-refractivity contribution in [3.8, 4) is 5.75 Å². The SMILES string of the molecule is CCN(CC)CCCCOc1ccc(C=C2CC=CO2)cc1. The molecule has 0 radical (unpaired) electrons. The maximum atomic E-state index is 5.80. The Balaban J connectivity index is 1.67. The number of rotatable bonds is 9. The minimum Gasteiger partial charge on any atom is -0.494 e. The topological polar surface area (TPSA) is 21.7 Å². The molecule has 3 heteroatoms. The zero-order valence-corrected chi connectivity index (χ0v) is 13.8. The predicted molar refractivity (Wildman–Crippen MR) is 91.8 cm³/mol. The number of nitrogens with zero attached hydrogens (tertiary/aromatic N) is 1. The van der Waals surface area contributed by atoms with Crippen molar-refractivity contribution in [2.24, 2.45) is 0 Å². The number of benzene rings is 1. The minimum absolute atomic E-state index is 0.786. The molecule has 22 heavy (non-hydrogen) atoms. The van der Waals surface area contributed by atoms with E-state index in [2.05, 4.69) is 37.0 Å². The van der Waals surface area contributed by atoms with Gasteiger partial charge >= 0.3 is 0 Å². The Hall–Kier alpha value is -1.74. The van der Waals surface area contributed by atoms with Crippen molar-refractivity contribution < 1.29 is 9.47 Å². The first-order chi connectivity index (χ1) is 10.8. The molecule has 0 saturated carbocycles. The fourth-order valence-corrected chi connectivity index (χ4v) is 2.45. The van der Waals surface area contributed by atoms with Crippen molar-refractivity contribution in [2.75, 3.05) is 26.2 Å². The summed E-state index contributed by atoms with van der Waals surface area (Å²) in [5, 5.41) is 0. The fraction of sp³-hybridized carbons (Fsp3) is 0.474. The number of unbranched alkanes of at least 4 members (excludes halogenated alkanes) is 1. The van der Waals surface area contributed by atoms with E-state index in [1.54, 1.807) is 6.26 Å². The summed E-state index contributed by atoms with van der Waals surface area (Å²) >= 11 is 0. The molecule has 0 saturated heterocycles. The average Bonchev–Trinajstić information content (AvgIpc) is 3.05. The van der Waals surface area contributed by atoms with Crippen LogP contribution in [-0.2, 0) is 4.74 Å². The third-order valence-electron chi connectivity index (χ3n) is 3.87. The first-order valence-electron chi connectivity index (χ1n) is 8.29. The second-order valence-corrected chi connectivity index (χ2v) is 5.46. The van der Waals surface area contributed by atoms with Gasteiger partial charge in [-0.3, -0.25) is 0 Å². The van der Waals surface area contributed by atoms with E-state index in [1.165, 1.54) is 6.42 Å². The lowest BCUT2D eigenvalue weighted by Crippen LogP contribution is -2.24. The lowest BCUT2D eigenvalue weighted by atomic mass is 10.2. The zero-order valence-electron chi connectivity index (χ0n) is 13.8. The van der Waals surface area contributed by atoms with Crippen LogP contribution in [0.3, 0.4) is 0 Å². The maximum Gasteiger partial charge on any atom is 0.119 e. The van der Waals surface area contributed by atoms with Crippen molar-refractivity contribution in [3.63, 3.8) is 0 Å². The van der Waals surface area contributed by atoms with Crippen LogP contribution in [-0.4, -0.2) is 31.1 Å². The van der Waals surface area contributed by atoms with Crippen molar-refractivity contribution in [1.29, 1.82) is 0 Å². The van der Waals surface area contributed by atoms with Gasteiger partial charge in [-0.05, 0) is 62.3 Å². The molecule has 0 aromatic heterocycles. The molecule has 1 aromatic rings. The van der Waals surface area contributed by atoms with E-state index in [4.69, 9.17) is 9.47 Å². The van der Waals surface area contributed by atoms with Gasteiger partial charge in [0.2, 0.25) is 0 Å². The van der Waals surface area contributed by atoms with Crippen LogP contribution in [0.25, 0.3) is 6.08 Å². The summed E-state index contributed by atoms with van der Waals surface area (Å²) in [6, 6.07) is 8.19. The highest BCUT2D eigenvalue weighted by Crippen LogP contribution is 2.19. The van der Waals surface area contributed by atoms with Gasteiger partial charge < -0.3 is 14.4 Å². The largest absolute Gasteiger partial charge is 0.494 e. The third kappa shape index (κ3) is 5.57. The van der Waals surface area contributed by atoms with E-state index in [-0.39, 0.29) is 0 Å². The van der Waals surface area contributed by atoms with Gasteiger partial charge in [0.05, 0.1) is 12.9 Å². The molecule has 1 aliphatic rings. The molecule has 0 unspecified atom stereocenters. The van der Waals surface area contributed by atoms with Gasteiger partial charge in [-0.25, -0.2) is 0 Å². The molecule has 0 atom stereocenters. The lowest BCUT2D eigenvalue weighted by molar-refractivity contribution is 0.266. The number of ether oxygens (including phenoxy) is 2. The Kier molecular flexibility index (Phi) is 7.04. The summed E-state index contributed by atoms with van der Waals surface area (Å²) in [5.74, 6) is 1.93. The van der Waals surface area contributed by atoms with Gasteiger partial charge in [0.1, 0.15) is 11.5 Å². The molecule has 1 aromatic carbocycles. The number of allylic oxidation sites excluding steroid dienone is 1. The van der Waals surface area contributed by atoms with Crippen molar-refractivity contribution in [1.82, 2.24) is 4.90 Å². The Bertz CT molecular complexity index is 477. The highest BCUT2D eigenvalue weighted by Gasteiger charge is 2.02. The van der Waals surface area contributed by atoms with E-state index in [9.17, 15) is 0 Å². The second-order valence-electron chi connectivity index (χ2n) is 5.46. The molecule has 3 nitrogen and oxygen atoms in total. The molecule has 0 aliphatic carbocycles. The average molecular weight is 301 g/mol. The summed E-state index contributed by atoms with van der Waals surface area (Å²) in [6.07, 6.45) is 8.99. The second kappa shape index (κ2) is 9.31. The molecule has 0 amide bonds. The Morgan fingerprint density at radius 3 is 2.55 bits per heavy atom. The van der Waals surface area contributed by atoms with Crippen LogP contribution < -0.4 is 4.74 Å². The molecular weight excluding hydrogens is 274 g/mol. The molecule has 2 rings (SSSR count). The smallest absolute Gasteiger partial charge is 0.119 e. The summed E-state index contributed by atoms with van der Waals surface area (Å²) in [4.78, 5) is 2.45. The van der Waals surface area contributed by atoms with Gasteiger partial charge in [-0.15, -0.1) is 0 Å². The molecule has 0 bridgehead atoms. The third-order valence-corrected chi connectivity index (χ3v) is 3.87. The molecule has 1 heterocycles. The highest BCUT2D eigenvalue weighted by molar-refractivity contribution is 5.53. The van der Waals surface area contributed by atoms with Gasteiger partial charge in [0.25, 0.3) is 0 Å². The van der Waals surface area contributed by atoms with Crippen molar-refractivity contribution in [3.05, 3.63) is 47.9 Å². The molecular formula is C19H27NO2. The summed E-state index contributed by atoms with van der Waals surface area (Å²) in [5.41, 5.74) is 1.15. The summed E-state index contributed by atoms with van der Waals surface area (Å²) in [7, 11) is 0. The van der Waals surface area contributed by atoms with Gasteiger partial charge in [-0.1, -0.05) is 26.0 Å². The van der Waals surface area contributed by atoms with Gasteiger partial charge in [-0.2, -0.15) is 0 Å². The van der Waals surface area contributed by atoms with Crippen LogP contribution in [0.1, 0.15) is 38.7 Å². The van der Waals surface area contributed by atoms with E-state index in [0.29, 0.717) is 0 Å². The normalized spacial score (nSPS) is 15.5. The van der Waals surface area contributed by atoms with E-state index >= 15 is 0 Å². The van der Waals surface area contributed by atoms with E-state index < -0.39 is 0 Å². The molecule has 0 spiro atoms. The van der Waals surface area contributed by atoms with Crippen LogP contribution in [0.2, 0.25) is 0 Å². The Morgan fingerprint density at radius 1 is 1.14 bits per heavy atom. The molecule has 0 N–H and O–H groups in total. The first kappa shape index (κ1) is 16.6. The lowest BCUT2D eigenvalue weighted by Gasteiger charge is -2.17. The summed E-state index contributed by atoms with van der Waals surface area (Å²) in [6.45, 7) is 8.64. The number of hydrogen-bond donors (Lipinski definition) is 0. The molecule has 1 aliphatic heterocycles. The molecule has 120 valence electrons. The minimum atomic E-state index is 0.786. The highest BCUT2D eigenvalue weighted by atomic mass is 16.5. The Morgan fingerprint density at radius 2 is 1.91 bits per heavy atom. The first-order valence-corrected chi connectivity index (χ1v) is 8.29. The van der Waals surface area contributed by atoms with Crippen LogP contribution in [0.5, 0.6) is 5.75 Å². The predicted octanol–water partition coefficient (Wildman–Crippen LogP) is 4.46. The summed E-state index contributed by atoms with van der Waals surface area (Å²) < 4.78 is 11.2. The van der Waals surface area contributed by atoms with Crippen LogP contribution in [0, 0.1) is 0 Å². The van der Waals surface area contributed by atoms with E-state index in [1.807, 2.05) is 18.2 Å². The fourth-order valence-electron chi connectivity index (χ4n) is 2.45. The van der Waals surface area contributed by atoms with Crippen LogP contribution in [0.15, 0.2) is 42.4 Å². The van der Waals surface area contributed by atoms with Crippen molar-refractivity contribution in [2.45, 2.75) is 33.1 Å². The van der Waals surface area contributed by atoms with E-state index in [0.717, 1.165) is 56.2 Å². The Labute approximate surface area is 134 Å². The molecule has 0 fully saturated rings. The van der Waals surface area contributed by atoms with Gasteiger partial charge in [0.15, 0.2) is 0 Å². The van der Waals surface area contributed by atoms with Gasteiger partial charge in [0, 0.05) is 6.42 Å². The quantitative estimate of drug-likeness (QED) is 0.628. The maximum absolute atomic E-state index is 5.80. The van der Waals surface area contributed by atoms with Crippen LogP contribution >= 0.6 is 0 Å². The monoisotopic (exact) mass is 301 g/mol. The van der Waals surface area contributed by atoms with Crippen LogP contribution in [0.4, 0.5) is 0 Å². The zero-order chi connectivity index (χ0) is 15.6. The van der Waals surface area contributed by atoms with Crippen molar-refractivity contribution >= 4 is 6.08 Å².